The van der Waals surface area contributed by atoms with E-state index >= 15 is 0 Å². The minimum atomic E-state index is -0.229. The molecule has 2 aliphatic heterocycles. The number of allylic oxidation sites excluding steroid dienone is 2. The van der Waals surface area contributed by atoms with Crippen molar-refractivity contribution in [2.75, 3.05) is 37.7 Å². The molecule has 2 bridgehead atoms. The summed E-state index contributed by atoms with van der Waals surface area (Å²) in [6.07, 6.45) is 3.19. The summed E-state index contributed by atoms with van der Waals surface area (Å²) >= 11 is 0. The molecular weight excluding hydrogens is 345 g/mol. The number of fused-ring (bicyclic) bond motifs is 5. The first-order chi connectivity index (χ1) is 13.0. The number of piperazine rings is 1. The topological polar surface area (TPSA) is 43.9 Å². The first-order valence-electron chi connectivity index (χ1n) is 9.79. The van der Waals surface area contributed by atoms with Crippen molar-refractivity contribution in [1.82, 2.24) is 9.80 Å². The lowest BCUT2D eigenvalue weighted by atomic mass is 9.82. The Balaban J connectivity index is 1.22. The molecule has 2 aliphatic carbocycles. The second-order valence-corrected chi connectivity index (χ2v) is 8.30. The summed E-state index contributed by atoms with van der Waals surface area (Å²) in [6, 6.07) is 6.55. The number of imide groups is 1. The molecule has 0 radical (unpaired) electrons. The highest BCUT2D eigenvalue weighted by molar-refractivity contribution is 6.06. The molecule has 5 rings (SSSR count). The van der Waals surface area contributed by atoms with Gasteiger partial charge in [0.1, 0.15) is 5.82 Å². The van der Waals surface area contributed by atoms with Crippen LogP contribution in [0.1, 0.15) is 13.3 Å². The second kappa shape index (κ2) is 6.16. The predicted octanol–water partition coefficient (Wildman–Crippen LogP) is 2.10. The van der Waals surface area contributed by atoms with Crippen LogP contribution in [0.3, 0.4) is 0 Å². The van der Waals surface area contributed by atoms with E-state index in [-0.39, 0.29) is 41.3 Å². The number of likely N-dealkylation sites (tertiary alicyclic amines) is 1. The SMILES string of the molecule is CC1=C[C@@H]2C[C@H]1[C@H]1C(=O)N(CN3CCN(c4ccc(F)cc4)CC3)C(=O)[C@H]12. The maximum Gasteiger partial charge on any atom is 0.234 e. The molecule has 1 aromatic rings. The van der Waals surface area contributed by atoms with Crippen molar-refractivity contribution >= 4 is 17.5 Å². The number of nitrogens with zero attached hydrogens (tertiary/aromatic N) is 3. The first-order valence-corrected chi connectivity index (χ1v) is 9.79. The van der Waals surface area contributed by atoms with Gasteiger partial charge in [-0.3, -0.25) is 19.4 Å². The summed E-state index contributed by atoms with van der Waals surface area (Å²) in [5, 5.41) is 0. The molecule has 2 saturated heterocycles. The van der Waals surface area contributed by atoms with E-state index in [4.69, 9.17) is 0 Å². The molecular formula is C21H24FN3O2. The summed E-state index contributed by atoms with van der Waals surface area (Å²) in [5.41, 5.74) is 2.30. The van der Waals surface area contributed by atoms with Crippen LogP contribution in [0.2, 0.25) is 0 Å². The monoisotopic (exact) mass is 369 g/mol. The number of hydrogen-bond donors (Lipinski definition) is 0. The van der Waals surface area contributed by atoms with Gasteiger partial charge in [0.05, 0.1) is 18.5 Å². The van der Waals surface area contributed by atoms with E-state index in [1.165, 1.54) is 22.6 Å². The minimum Gasteiger partial charge on any atom is -0.369 e. The van der Waals surface area contributed by atoms with Gasteiger partial charge < -0.3 is 4.90 Å². The molecule has 0 N–H and O–H groups in total. The quantitative estimate of drug-likeness (QED) is 0.605. The zero-order chi connectivity index (χ0) is 18.7. The van der Waals surface area contributed by atoms with Crippen LogP contribution in [0.25, 0.3) is 0 Å². The summed E-state index contributed by atoms with van der Waals surface area (Å²) in [7, 11) is 0. The minimum absolute atomic E-state index is 0.0298. The molecule has 4 atom stereocenters. The molecule has 0 unspecified atom stereocenters. The normalized spacial score (nSPS) is 33.0. The third kappa shape index (κ3) is 2.61. The second-order valence-electron chi connectivity index (χ2n) is 8.30. The summed E-state index contributed by atoms with van der Waals surface area (Å²) in [6.45, 7) is 5.68. The lowest BCUT2D eigenvalue weighted by Gasteiger charge is -2.37. The number of benzene rings is 1. The number of amides is 2. The Morgan fingerprint density at radius 2 is 1.67 bits per heavy atom. The lowest BCUT2D eigenvalue weighted by Crippen LogP contribution is -2.51. The zero-order valence-corrected chi connectivity index (χ0v) is 15.5. The highest BCUT2D eigenvalue weighted by Gasteiger charge is 2.60. The fourth-order valence-electron chi connectivity index (χ4n) is 5.47. The maximum absolute atomic E-state index is 13.1. The van der Waals surface area contributed by atoms with Gasteiger partial charge in [0.2, 0.25) is 11.8 Å². The molecule has 0 aromatic heterocycles. The van der Waals surface area contributed by atoms with Gasteiger partial charge in [-0.15, -0.1) is 0 Å². The molecule has 0 spiro atoms. The van der Waals surface area contributed by atoms with Crippen LogP contribution < -0.4 is 4.90 Å². The molecule has 1 saturated carbocycles. The maximum atomic E-state index is 13.1. The van der Waals surface area contributed by atoms with Crippen molar-refractivity contribution in [2.24, 2.45) is 23.7 Å². The van der Waals surface area contributed by atoms with E-state index in [1.807, 2.05) is 0 Å². The summed E-state index contributed by atoms with van der Waals surface area (Å²) in [5.74, 6) is 0.133. The van der Waals surface area contributed by atoms with E-state index < -0.39 is 0 Å². The fraction of sp³-hybridized carbons (Fsp3) is 0.524. The van der Waals surface area contributed by atoms with E-state index in [2.05, 4.69) is 22.8 Å². The Labute approximate surface area is 158 Å². The van der Waals surface area contributed by atoms with Crippen molar-refractivity contribution < 1.29 is 14.0 Å². The molecule has 142 valence electrons. The predicted molar refractivity (Wildman–Crippen MR) is 99.2 cm³/mol. The number of halogens is 1. The molecule has 27 heavy (non-hydrogen) atoms. The number of carbonyl (C=O) groups excluding carboxylic acids is 2. The van der Waals surface area contributed by atoms with Crippen LogP contribution in [0.4, 0.5) is 10.1 Å². The molecule has 4 aliphatic rings. The standard InChI is InChI=1S/C21H24FN3O2/c1-13-10-14-11-17(13)19-18(14)20(26)25(21(19)27)12-23-6-8-24(9-7-23)16-4-2-15(22)3-5-16/h2-5,10,14,17-19H,6-9,11-12H2,1H3/t14-,17-,18+,19-/m1/s1. The number of hydrogen-bond acceptors (Lipinski definition) is 4. The average molecular weight is 369 g/mol. The van der Waals surface area contributed by atoms with Gasteiger partial charge in [-0.25, -0.2) is 4.39 Å². The van der Waals surface area contributed by atoms with Crippen LogP contribution in [0.15, 0.2) is 35.9 Å². The van der Waals surface area contributed by atoms with Gasteiger partial charge in [0.15, 0.2) is 0 Å². The van der Waals surface area contributed by atoms with Crippen LogP contribution in [-0.2, 0) is 9.59 Å². The average Bonchev–Trinajstić information content (AvgIpc) is 3.30. The lowest BCUT2D eigenvalue weighted by molar-refractivity contribution is -0.143. The summed E-state index contributed by atoms with van der Waals surface area (Å²) < 4.78 is 13.1. The molecule has 6 heteroatoms. The van der Waals surface area contributed by atoms with Crippen LogP contribution in [-0.4, -0.2) is 54.5 Å². The molecule has 1 aromatic carbocycles. The van der Waals surface area contributed by atoms with Crippen molar-refractivity contribution in [1.29, 1.82) is 0 Å². The third-order valence-electron chi connectivity index (χ3n) is 6.88. The highest BCUT2D eigenvalue weighted by Crippen LogP contribution is 2.55. The van der Waals surface area contributed by atoms with Gasteiger partial charge in [-0.2, -0.15) is 0 Å². The fourth-order valence-corrected chi connectivity index (χ4v) is 5.47. The van der Waals surface area contributed by atoms with Gasteiger partial charge >= 0.3 is 0 Å². The van der Waals surface area contributed by atoms with Crippen LogP contribution in [0.5, 0.6) is 0 Å². The smallest absolute Gasteiger partial charge is 0.234 e. The van der Waals surface area contributed by atoms with Gasteiger partial charge in [-0.1, -0.05) is 11.6 Å². The van der Waals surface area contributed by atoms with E-state index in [9.17, 15) is 14.0 Å². The largest absolute Gasteiger partial charge is 0.369 e. The molecule has 3 fully saturated rings. The number of anilines is 1. The van der Waals surface area contributed by atoms with Gasteiger partial charge in [0.25, 0.3) is 0 Å². The Morgan fingerprint density at radius 1 is 1.00 bits per heavy atom. The van der Waals surface area contributed by atoms with E-state index in [1.54, 1.807) is 12.1 Å². The van der Waals surface area contributed by atoms with E-state index in [0.29, 0.717) is 6.67 Å². The first kappa shape index (κ1) is 16.9. The molecule has 5 nitrogen and oxygen atoms in total. The Bertz CT molecular complexity index is 813. The van der Waals surface area contributed by atoms with E-state index in [0.717, 1.165) is 38.3 Å². The Kier molecular flexibility index (Phi) is 3.86. The zero-order valence-electron chi connectivity index (χ0n) is 15.5. The van der Waals surface area contributed by atoms with Gasteiger partial charge in [0, 0.05) is 31.9 Å². The van der Waals surface area contributed by atoms with Crippen LogP contribution >= 0.6 is 0 Å². The van der Waals surface area contributed by atoms with Crippen molar-refractivity contribution in [2.45, 2.75) is 13.3 Å². The molecule has 2 amide bonds. The van der Waals surface area contributed by atoms with Gasteiger partial charge in [-0.05, 0) is 49.4 Å². The Hall–Kier alpha value is -2.21. The number of rotatable bonds is 3. The Morgan fingerprint density at radius 3 is 2.37 bits per heavy atom. The number of carbonyl (C=O) groups is 2. The van der Waals surface area contributed by atoms with Crippen molar-refractivity contribution in [3.8, 4) is 0 Å². The highest BCUT2D eigenvalue weighted by atomic mass is 19.1. The van der Waals surface area contributed by atoms with Crippen molar-refractivity contribution in [3.63, 3.8) is 0 Å². The van der Waals surface area contributed by atoms with Crippen molar-refractivity contribution in [3.05, 3.63) is 41.7 Å². The third-order valence-corrected chi connectivity index (χ3v) is 6.88. The summed E-state index contributed by atoms with van der Waals surface area (Å²) in [4.78, 5) is 31.7. The molecule has 2 heterocycles. The van der Waals surface area contributed by atoms with Crippen LogP contribution in [0, 0.1) is 29.5 Å².